The molecule has 0 bridgehead atoms. The van der Waals surface area contributed by atoms with Gasteiger partial charge in [0.15, 0.2) is 0 Å². The minimum Gasteiger partial charge on any atom is -0.497 e. The molecule has 1 atom stereocenters. The van der Waals surface area contributed by atoms with Crippen molar-refractivity contribution in [3.8, 4) is 11.5 Å². The van der Waals surface area contributed by atoms with Gasteiger partial charge < -0.3 is 14.8 Å². The maximum atomic E-state index is 12.4. The number of aromatic nitrogens is 1. The van der Waals surface area contributed by atoms with E-state index in [9.17, 15) is 8.78 Å². The molecule has 1 aromatic heterocycles. The zero-order chi connectivity index (χ0) is 14.5. The quantitative estimate of drug-likeness (QED) is 0.878. The Morgan fingerprint density at radius 1 is 1.35 bits per heavy atom. The molecule has 0 radical (unpaired) electrons. The first-order chi connectivity index (χ1) is 9.60. The van der Waals surface area contributed by atoms with Crippen molar-refractivity contribution >= 4 is 17.0 Å². The topological polar surface area (TPSA) is 43.4 Å². The van der Waals surface area contributed by atoms with E-state index in [0.717, 1.165) is 5.01 Å². The first-order valence-electron chi connectivity index (χ1n) is 5.89. The fraction of sp³-hybridized carbons (Fsp3) is 0.308. The maximum Gasteiger partial charge on any atom is 0.387 e. The molecular weight excluding hydrogens is 286 g/mol. The van der Waals surface area contributed by atoms with Crippen LogP contribution in [0.25, 0.3) is 0 Å². The summed E-state index contributed by atoms with van der Waals surface area (Å²) >= 11 is 1.49. The fourth-order valence-corrected chi connectivity index (χ4v) is 2.34. The lowest BCUT2D eigenvalue weighted by molar-refractivity contribution is -0.0494. The van der Waals surface area contributed by atoms with Crippen molar-refractivity contribution in [2.45, 2.75) is 19.6 Å². The lowest BCUT2D eigenvalue weighted by Crippen LogP contribution is -2.10. The van der Waals surface area contributed by atoms with Crippen LogP contribution in [0.5, 0.6) is 11.5 Å². The number of hydrogen-bond donors (Lipinski definition) is 1. The number of hydrogen-bond acceptors (Lipinski definition) is 5. The predicted octanol–water partition coefficient (Wildman–Crippen LogP) is 3.93. The average molecular weight is 300 g/mol. The number of ether oxygens (including phenoxy) is 2. The Morgan fingerprint density at radius 3 is 2.75 bits per heavy atom. The van der Waals surface area contributed by atoms with E-state index in [4.69, 9.17) is 4.74 Å². The van der Waals surface area contributed by atoms with Gasteiger partial charge in [-0.25, -0.2) is 4.98 Å². The average Bonchev–Trinajstić information content (AvgIpc) is 2.94. The molecule has 0 fully saturated rings. The molecule has 0 aliphatic heterocycles. The molecule has 0 aliphatic carbocycles. The summed E-state index contributed by atoms with van der Waals surface area (Å²) in [7, 11) is 1.51. The number of methoxy groups -OCH3 is 1. The van der Waals surface area contributed by atoms with Crippen molar-refractivity contribution in [1.82, 2.24) is 4.98 Å². The van der Waals surface area contributed by atoms with Crippen LogP contribution >= 0.6 is 11.3 Å². The third-order valence-electron chi connectivity index (χ3n) is 2.60. The zero-order valence-electron chi connectivity index (χ0n) is 11.0. The predicted molar refractivity (Wildman–Crippen MR) is 73.8 cm³/mol. The van der Waals surface area contributed by atoms with Crippen LogP contribution in [-0.2, 0) is 0 Å². The van der Waals surface area contributed by atoms with E-state index in [2.05, 4.69) is 15.0 Å². The minimum absolute atomic E-state index is 0.0733. The van der Waals surface area contributed by atoms with E-state index in [0.29, 0.717) is 11.4 Å². The van der Waals surface area contributed by atoms with Crippen LogP contribution in [0.3, 0.4) is 0 Å². The van der Waals surface area contributed by atoms with Crippen molar-refractivity contribution < 1.29 is 18.3 Å². The number of nitrogens with one attached hydrogen (secondary N) is 1. The van der Waals surface area contributed by atoms with Gasteiger partial charge in [0.25, 0.3) is 0 Å². The molecule has 0 saturated carbocycles. The first kappa shape index (κ1) is 14.5. The number of halogens is 2. The Kier molecular flexibility index (Phi) is 4.73. The number of nitrogens with zero attached hydrogens (tertiary/aromatic N) is 1. The number of benzene rings is 1. The summed E-state index contributed by atoms with van der Waals surface area (Å²) in [6.07, 6.45) is 1.69. The number of thiazole rings is 1. The maximum absolute atomic E-state index is 12.4. The van der Waals surface area contributed by atoms with E-state index in [1.165, 1.54) is 24.5 Å². The molecule has 20 heavy (non-hydrogen) atoms. The Hall–Kier alpha value is -1.89. The lowest BCUT2D eigenvalue weighted by Gasteiger charge is -2.17. The summed E-state index contributed by atoms with van der Waals surface area (Å²) in [5.74, 6) is 0.629. The highest BCUT2D eigenvalue weighted by Crippen LogP contribution is 2.33. The van der Waals surface area contributed by atoms with Crippen molar-refractivity contribution in [2.75, 3.05) is 12.4 Å². The van der Waals surface area contributed by atoms with Crippen molar-refractivity contribution in [3.05, 3.63) is 34.8 Å². The van der Waals surface area contributed by atoms with Crippen LogP contribution in [0.2, 0.25) is 0 Å². The summed E-state index contributed by atoms with van der Waals surface area (Å²) in [4.78, 5) is 4.18. The van der Waals surface area contributed by atoms with Crippen LogP contribution in [0, 0.1) is 0 Å². The van der Waals surface area contributed by atoms with Crippen LogP contribution in [0.1, 0.15) is 18.0 Å². The third kappa shape index (κ3) is 3.57. The molecule has 1 heterocycles. The van der Waals surface area contributed by atoms with Crippen molar-refractivity contribution in [3.63, 3.8) is 0 Å². The summed E-state index contributed by atoms with van der Waals surface area (Å²) in [5.41, 5.74) is 0.437. The molecule has 2 rings (SSSR count). The molecule has 4 nitrogen and oxygen atoms in total. The Labute approximate surface area is 119 Å². The Morgan fingerprint density at radius 2 is 2.15 bits per heavy atom. The summed E-state index contributed by atoms with van der Waals surface area (Å²) in [6.45, 7) is -0.983. The minimum atomic E-state index is -2.88. The SMILES string of the molecule is COc1ccc(OC(F)F)c(NC(C)c2nccs2)c1. The molecule has 1 aromatic carbocycles. The van der Waals surface area contributed by atoms with Gasteiger partial charge in [-0.3, -0.25) is 0 Å². The first-order valence-corrected chi connectivity index (χ1v) is 6.77. The van der Waals surface area contributed by atoms with Crippen molar-refractivity contribution in [2.24, 2.45) is 0 Å². The molecule has 0 spiro atoms. The number of alkyl halides is 2. The monoisotopic (exact) mass is 300 g/mol. The molecule has 7 heteroatoms. The second-order valence-corrected chi connectivity index (χ2v) is 4.90. The standard InChI is InChI=1S/C13H14F2N2O2S/c1-8(12-16-5-6-20-12)17-10-7-9(18-2)3-4-11(10)19-13(14)15/h3-8,13,17H,1-2H3. The zero-order valence-corrected chi connectivity index (χ0v) is 11.8. The van der Waals surface area contributed by atoms with E-state index in [-0.39, 0.29) is 11.8 Å². The smallest absolute Gasteiger partial charge is 0.387 e. The highest BCUT2D eigenvalue weighted by atomic mass is 32.1. The molecule has 108 valence electrons. The molecule has 1 N–H and O–H groups in total. The van der Waals surface area contributed by atoms with Gasteiger partial charge in [0.05, 0.1) is 18.8 Å². The van der Waals surface area contributed by atoms with Crippen LogP contribution in [0.15, 0.2) is 29.8 Å². The molecular formula is C13H14F2N2O2S. The van der Waals surface area contributed by atoms with Gasteiger partial charge in [-0.2, -0.15) is 8.78 Å². The van der Waals surface area contributed by atoms with Gasteiger partial charge in [-0.1, -0.05) is 0 Å². The van der Waals surface area contributed by atoms with Gasteiger partial charge in [-0.05, 0) is 19.1 Å². The summed E-state index contributed by atoms with van der Waals surface area (Å²) in [6, 6.07) is 4.50. The van der Waals surface area contributed by atoms with E-state index in [1.54, 1.807) is 18.3 Å². The molecule has 1 unspecified atom stereocenters. The normalized spacial score (nSPS) is 12.2. The Bertz CT molecular complexity index is 549. The fourth-order valence-electron chi connectivity index (χ4n) is 1.69. The molecule has 0 aliphatic rings. The van der Waals surface area contributed by atoms with Gasteiger partial charge in [0.1, 0.15) is 16.5 Å². The van der Waals surface area contributed by atoms with E-state index in [1.807, 2.05) is 12.3 Å². The number of rotatable bonds is 6. The van der Waals surface area contributed by atoms with E-state index >= 15 is 0 Å². The molecule has 2 aromatic rings. The van der Waals surface area contributed by atoms with Crippen LogP contribution in [-0.4, -0.2) is 18.7 Å². The van der Waals surface area contributed by atoms with Crippen LogP contribution < -0.4 is 14.8 Å². The van der Waals surface area contributed by atoms with Gasteiger partial charge in [-0.15, -0.1) is 11.3 Å². The third-order valence-corrected chi connectivity index (χ3v) is 3.55. The number of anilines is 1. The highest BCUT2D eigenvalue weighted by Gasteiger charge is 2.14. The van der Waals surface area contributed by atoms with Gasteiger partial charge >= 0.3 is 6.61 Å². The summed E-state index contributed by atoms with van der Waals surface area (Å²) in [5, 5.41) is 5.82. The second kappa shape index (κ2) is 6.51. The largest absolute Gasteiger partial charge is 0.497 e. The van der Waals surface area contributed by atoms with Gasteiger partial charge in [0, 0.05) is 17.6 Å². The van der Waals surface area contributed by atoms with Crippen LogP contribution in [0.4, 0.5) is 14.5 Å². The van der Waals surface area contributed by atoms with Gasteiger partial charge in [0.2, 0.25) is 0 Å². The second-order valence-electron chi connectivity index (χ2n) is 3.98. The highest BCUT2D eigenvalue weighted by molar-refractivity contribution is 7.09. The molecule has 0 amide bonds. The Balaban J connectivity index is 2.23. The lowest BCUT2D eigenvalue weighted by atomic mass is 10.2. The molecule has 0 saturated heterocycles. The van der Waals surface area contributed by atoms with Crippen molar-refractivity contribution in [1.29, 1.82) is 0 Å². The summed E-state index contributed by atoms with van der Waals surface area (Å²) < 4.78 is 34.4. The van der Waals surface area contributed by atoms with E-state index < -0.39 is 6.61 Å².